The molecule has 1 heterocycles. The predicted octanol–water partition coefficient (Wildman–Crippen LogP) is 4.16. The maximum absolute atomic E-state index is 13.5. The van der Waals surface area contributed by atoms with E-state index in [4.69, 9.17) is 0 Å². The molecule has 0 spiro atoms. The molecule has 1 aliphatic heterocycles. The molecule has 5 nitrogen and oxygen atoms in total. The van der Waals surface area contributed by atoms with Gasteiger partial charge in [0.2, 0.25) is 5.91 Å². The van der Waals surface area contributed by atoms with Crippen molar-refractivity contribution in [1.29, 1.82) is 0 Å². The largest absolute Gasteiger partial charge is 0.417 e. The van der Waals surface area contributed by atoms with Crippen LogP contribution in [0.4, 0.5) is 18.9 Å². The van der Waals surface area contributed by atoms with Crippen molar-refractivity contribution < 1.29 is 18.0 Å². The smallest absolute Gasteiger partial charge is 0.278 e. The van der Waals surface area contributed by atoms with Gasteiger partial charge in [-0.05, 0) is 24.6 Å². The van der Waals surface area contributed by atoms with Crippen LogP contribution in [-0.2, 0) is 11.0 Å². The lowest BCUT2D eigenvalue weighted by Crippen LogP contribution is -2.27. The van der Waals surface area contributed by atoms with Crippen LogP contribution in [0.3, 0.4) is 0 Å². The maximum Gasteiger partial charge on any atom is 0.417 e. The summed E-state index contributed by atoms with van der Waals surface area (Å²) in [6.45, 7) is 1.76. The highest BCUT2D eigenvalue weighted by atomic mass is 19.4. The van der Waals surface area contributed by atoms with Crippen LogP contribution in [0, 0.1) is 0 Å². The van der Waals surface area contributed by atoms with E-state index in [1.807, 2.05) is 30.3 Å². The van der Waals surface area contributed by atoms with Crippen molar-refractivity contribution in [3.63, 3.8) is 0 Å². The number of carbonyl (C=O) groups is 1. The van der Waals surface area contributed by atoms with Crippen molar-refractivity contribution in [2.75, 3.05) is 5.43 Å². The number of hydrogen-bond acceptors (Lipinski definition) is 4. The van der Waals surface area contributed by atoms with Crippen LogP contribution in [0.1, 0.15) is 36.5 Å². The number of anilines is 1. The maximum atomic E-state index is 13.5. The Morgan fingerprint density at radius 1 is 1.15 bits per heavy atom. The van der Waals surface area contributed by atoms with Gasteiger partial charge in [-0.3, -0.25) is 10.2 Å². The summed E-state index contributed by atoms with van der Waals surface area (Å²) in [5, 5.41) is 7.92. The molecule has 140 valence electrons. The summed E-state index contributed by atoms with van der Waals surface area (Å²) in [4.78, 5) is 11.2. The summed E-state index contributed by atoms with van der Waals surface area (Å²) in [7, 11) is 0. The number of hydrogen-bond donors (Lipinski definition) is 2. The molecule has 0 saturated carbocycles. The molecule has 1 aliphatic rings. The monoisotopic (exact) mass is 374 g/mol. The summed E-state index contributed by atoms with van der Waals surface area (Å²) in [5.74, 6) is -0.309. The Balaban J connectivity index is 1.89. The van der Waals surface area contributed by atoms with Crippen molar-refractivity contribution in [2.24, 2.45) is 10.2 Å². The first-order chi connectivity index (χ1) is 12.8. The van der Waals surface area contributed by atoms with Gasteiger partial charge in [-0.2, -0.15) is 23.4 Å². The zero-order valence-electron chi connectivity index (χ0n) is 14.5. The predicted molar refractivity (Wildman–Crippen MR) is 97.6 cm³/mol. The van der Waals surface area contributed by atoms with Gasteiger partial charge in [-0.15, -0.1) is 0 Å². The third kappa shape index (κ3) is 4.52. The number of benzene rings is 2. The Kier molecular flexibility index (Phi) is 5.25. The number of halogens is 3. The zero-order valence-corrected chi connectivity index (χ0v) is 14.5. The molecule has 0 radical (unpaired) electrons. The second-order valence-corrected chi connectivity index (χ2v) is 6.03. The molecule has 0 aliphatic carbocycles. The molecular weight excluding hydrogens is 357 g/mol. The van der Waals surface area contributed by atoms with E-state index in [9.17, 15) is 18.0 Å². The van der Waals surface area contributed by atoms with Gasteiger partial charge in [0.1, 0.15) is 0 Å². The Labute approximate surface area is 154 Å². The third-order valence-electron chi connectivity index (χ3n) is 4.08. The molecule has 0 fully saturated rings. The number of hydrazone groups is 2. The molecule has 2 aromatic rings. The lowest BCUT2D eigenvalue weighted by Gasteiger charge is -2.18. The van der Waals surface area contributed by atoms with Gasteiger partial charge in [0.15, 0.2) is 0 Å². The van der Waals surface area contributed by atoms with Crippen molar-refractivity contribution >= 4 is 23.0 Å². The molecule has 0 bridgehead atoms. The van der Waals surface area contributed by atoms with Crippen molar-refractivity contribution in [3.8, 4) is 0 Å². The number of nitrogens with zero attached hydrogens (tertiary/aromatic N) is 2. The molecule has 0 aromatic heterocycles. The van der Waals surface area contributed by atoms with E-state index >= 15 is 0 Å². The van der Waals surface area contributed by atoms with Crippen molar-refractivity contribution in [1.82, 2.24) is 5.43 Å². The highest BCUT2D eigenvalue weighted by molar-refractivity contribution is 6.05. The number of amides is 1. The summed E-state index contributed by atoms with van der Waals surface area (Å²) < 4.78 is 40.6. The van der Waals surface area contributed by atoms with Gasteiger partial charge in [0.05, 0.1) is 22.7 Å². The van der Waals surface area contributed by atoms with Crippen LogP contribution >= 0.6 is 0 Å². The van der Waals surface area contributed by atoms with Crippen LogP contribution < -0.4 is 10.9 Å². The standard InChI is InChI=1S/C19H17F3N4O/c1-12(13-5-3-2-4-6-13)23-24-14-7-8-15(16(11-14)19(20,21)22)17-9-10-18(27)26-25-17/h2-8,11,24H,9-10H2,1H3,(H,26,27). The van der Waals surface area contributed by atoms with Crippen LogP contribution in [0.5, 0.6) is 0 Å². The van der Waals surface area contributed by atoms with E-state index in [-0.39, 0.29) is 35.7 Å². The number of alkyl halides is 3. The fourth-order valence-corrected chi connectivity index (χ4v) is 2.66. The van der Waals surface area contributed by atoms with E-state index in [0.717, 1.165) is 11.6 Å². The normalized spacial score (nSPS) is 15.2. The summed E-state index contributed by atoms with van der Waals surface area (Å²) in [5.41, 5.74) is 5.96. The van der Waals surface area contributed by atoms with E-state index in [0.29, 0.717) is 5.71 Å². The van der Waals surface area contributed by atoms with Gasteiger partial charge in [-0.1, -0.05) is 36.4 Å². The second-order valence-electron chi connectivity index (χ2n) is 6.03. The van der Waals surface area contributed by atoms with Gasteiger partial charge < -0.3 is 0 Å². The molecule has 27 heavy (non-hydrogen) atoms. The highest BCUT2D eigenvalue weighted by Crippen LogP contribution is 2.35. The molecule has 2 N–H and O–H groups in total. The molecule has 2 aromatic carbocycles. The molecule has 0 unspecified atom stereocenters. The molecule has 3 rings (SSSR count). The minimum absolute atomic E-state index is 0.0446. The Bertz CT molecular complexity index is 905. The Morgan fingerprint density at radius 3 is 2.52 bits per heavy atom. The van der Waals surface area contributed by atoms with E-state index in [2.05, 4.69) is 21.1 Å². The van der Waals surface area contributed by atoms with Crippen molar-refractivity contribution in [2.45, 2.75) is 25.9 Å². The number of carbonyl (C=O) groups excluding carboxylic acids is 1. The lowest BCUT2D eigenvalue weighted by molar-refractivity contribution is -0.137. The molecule has 0 atom stereocenters. The number of nitrogens with one attached hydrogen (secondary N) is 2. The van der Waals surface area contributed by atoms with E-state index in [1.165, 1.54) is 12.1 Å². The molecular formula is C19H17F3N4O. The Morgan fingerprint density at radius 2 is 1.89 bits per heavy atom. The molecule has 1 amide bonds. The average Bonchev–Trinajstić information content (AvgIpc) is 2.66. The first-order valence-corrected chi connectivity index (χ1v) is 8.27. The van der Waals surface area contributed by atoms with E-state index in [1.54, 1.807) is 6.92 Å². The van der Waals surface area contributed by atoms with Gasteiger partial charge in [0.25, 0.3) is 0 Å². The molecule has 0 saturated heterocycles. The molecule has 8 heteroatoms. The fourth-order valence-electron chi connectivity index (χ4n) is 2.66. The summed E-state index contributed by atoms with van der Waals surface area (Å²) in [6.07, 6.45) is -4.29. The van der Waals surface area contributed by atoms with Crippen LogP contribution in [-0.4, -0.2) is 17.3 Å². The van der Waals surface area contributed by atoms with Crippen LogP contribution in [0.15, 0.2) is 58.7 Å². The first kappa shape index (κ1) is 18.6. The third-order valence-corrected chi connectivity index (χ3v) is 4.08. The minimum Gasteiger partial charge on any atom is -0.278 e. The lowest BCUT2D eigenvalue weighted by atomic mass is 9.98. The SMILES string of the molecule is CC(=NNc1ccc(C2=NNC(=O)CC2)c(C(F)(F)F)c1)c1ccccc1. The second kappa shape index (κ2) is 7.61. The van der Waals surface area contributed by atoms with Crippen molar-refractivity contribution in [3.05, 3.63) is 65.2 Å². The average molecular weight is 374 g/mol. The zero-order chi connectivity index (χ0) is 19.4. The van der Waals surface area contributed by atoms with Gasteiger partial charge in [-0.25, -0.2) is 5.43 Å². The summed E-state index contributed by atoms with van der Waals surface area (Å²) in [6, 6.07) is 13.1. The fraction of sp³-hybridized carbons (Fsp3) is 0.211. The minimum atomic E-state index is -4.56. The number of rotatable bonds is 4. The van der Waals surface area contributed by atoms with E-state index < -0.39 is 11.7 Å². The topological polar surface area (TPSA) is 65.8 Å². The highest BCUT2D eigenvalue weighted by Gasteiger charge is 2.35. The van der Waals surface area contributed by atoms with Gasteiger partial charge in [0, 0.05) is 18.4 Å². The Hall–Kier alpha value is -3.16. The van der Waals surface area contributed by atoms with Gasteiger partial charge >= 0.3 is 6.18 Å². The van der Waals surface area contributed by atoms with Crippen LogP contribution in [0.2, 0.25) is 0 Å². The van der Waals surface area contributed by atoms with Crippen LogP contribution in [0.25, 0.3) is 0 Å². The quantitative estimate of drug-likeness (QED) is 0.624. The summed E-state index contributed by atoms with van der Waals surface area (Å²) >= 11 is 0. The first-order valence-electron chi connectivity index (χ1n) is 8.27.